The molecule has 2 rings (SSSR count). The standard InChI is InChI=1S/C15H23BrN2O2/c1-3-4-14(19-2)13(18-17)9-11-8-12(16)7-10-5-6-20-15(10)11/h7-8,13-14,18H,3-6,9,17H2,1-2H3. The second kappa shape index (κ2) is 7.41. The minimum absolute atomic E-state index is 0.0857. The average Bonchev–Trinajstić information content (AvgIpc) is 2.90. The summed E-state index contributed by atoms with van der Waals surface area (Å²) in [6.45, 7) is 2.92. The molecular formula is C15H23BrN2O2. The number of halogens is 1. The van der Waals surface area contributed by atoms with Crippen molar-refractivity contribution >= 4 is 15.9 Å². The van der Waals surface area contributed by atoms with Crippen molar-refractivity contribution in [2.45, 2.75) is 44.8 Å². The van der Waals surface area contributed by atoms with E-state index in [4.69, 9.17) is 15.3 Å². The third kappa shape index (κ3) is 3.52. The molecule has 5 heteroatoms. The lowest BCUT2D eigenvalue weighted by Gasteiger charge is -2.26. The van der Waals surface area contributed by atoms with Crippen molar-refractivity contribution < 1.29 is 9.47 Å². The van der Waals surface area contributed by atoms with E-state index in [2.05, 4.69) is 40.4 Å². The van der Waals surface area contributed by atoms with Gasteiger partial charge in [0.1, 0.15) is 5.75 Å². The van der Waals surface area contributed by atoms with Gasteiger partial charge >= 0.3 is 0 Å². The van der Waals surface area contributed by atoms with Gasteiger partial charge in [0.25, 0.3) is 0 Å². The molecule has 4 nitrogen and oxygen atoms in total. The molecule has 1 aliphatic rings. The molecule has 0 aliphatic carbocycles. The number of hydrogen-bond donors (Lipinski definition) is 2. The molecule has 0 radical (unpaired) electrons. The van der Waals surface area contributed by atoms with Gasteiger partial charge < -0.3 is 9.47 Å². The number of nitrogens with one attached hydrogen (secondary N) is 1. The average molecular weight is 343 g/mol. The minimum atomic E-state index is 0.0857. The molecular weight excluding hydrogens is 320 g/mol. The van der Waals surface area contributed by atoms with Crippen LogP contribution in [0.4, 0.5) is 0 Å². The summed E-state index contributed by atoms with van der Waals surface area (Å²) in [5.74, 6) is 6.76. The Morgan fingerprint density at radius 3 is 2.95 bits per heavy atom. The van der Waals surface area contributed by atoms with Gasteiger partial charge in [-0.15, -0.1) is 0 Å². The third-order valence-electron chi connectivity index (χ3n) is 3.80. The highest BCUT2D eigenvalue weighted by atomic mass is 79.9. The highest BCUT2D eigenvalue weighted by Crippen LogP contribution is 2.34. The van der Waals surface area contributed by atoms with Gasteiger partial charge in [0.15, 0.2) is 0 Å². The quantitative estimate of drug-likeness (QED) is 0.590. The first-order chi connectivity index (χ1) is 9.69. The van der Waals surface area contributed by atoms with Crippen LogP contribution in [0.2, 0.25) is 0 Å². The lowest BCUT2D eigenvalue weighted by Crippen LogP contribution is -2.46. The number of methoxy groups -OCH3 is 1. The second-order valence-corrected chi connectivity index (χ2v) is 6.11. The maximum absolute atomic E-state index is 5.77. The van der Waals surface area contributed by atoms with Crippen molar-refractivity contribution in [3.05, 3.63) is 27.7 Å². The highest BCUT2D eigenvalue weighted by molar-refractivity contribution is 9.10. The molecule has 0 fully saturated rings. The van der Waals surface area contributed by atoms with Gasteiger partial charge in [0.05, 0.1) is 18.8 Å². The van der Waals surface area contributed by atoms with E-state index in [-0.39, 0.29) is 12.1 Å². The highest BCUT2D eigenvalue weighted by Gasteiger charge is 2.24. The second-order valence-electron chi connectivity index (χ2n) is 5.19. The molecule has 2 unspecified atom stereocenters. The van der Waals surface area contributed by atoms with Crippen LogP contribution < -0.4 is 16.0 Å². The summed E-state index contributed by atoms with van der Waals surface area (Å²) in [7, 11) is 1.74. The van der Waals surface area contributed by atoms with E-state index >= 15 is 0 Å². The third-order valence-corrected chi connectivity index (χ3v) is 4.26. The van der Waals surface area contributed by atoms with Crippen LogP contribution in [0.5, 0.6) is 5.75 Å². The fourth-order valence-electron chi connectivity index (χ4n) is 2.80. The van der Waals surface area contributed by atoms with Crippen LogP contribution in [0, 0.1) is 0 Å². The fourth-order valence-corrected chi connectivity index (χ4v) is 3.35. The molecule has 0 aromatic heterocycles. The number of hydrogen-bond acceptors (Lipinski definition) is 4. The molecule has 3 N–H and O–H groups in total. The molecule has 0 bridgehead atoms. The van der Waals surface area contributed by atoms with Gasteiger partial charge in [-0.25, -0.2) is 0 Å². The summed E-state index contributed by atoms with van der Waals surface area (Å²) in [6, 6.07) is 4.34. The molecule has 1 aliphatic heterocycles. The number of benzene rings is 1. The SMILES string of the molecule is CCCC(OC)C(Cc1cc(Br)cc2c1OCC2)NN. The summed E-state index contributed by atoms with van der Waals surface area (Å²) in [6.07, 6.45) is 3.95. The first-order valence-corrected chi connectivity index (χ1v) is 7.91. The van der Waals surface area contributed by atoms with E-state index in [1.54, 1.807) is 7.11 Å². The Morgan fingerprint density at radius 2 is 2.30 bits per heavy atom. The summed E-state index contributed by atoms with van der Waals surface area (Å²) in [4.78, 5) is 0. The molecule has 20 heavy (non-hydrogen) atoms. The van der Waals surface area contributed by atoms with Crippen LogP contribution in [-0.4, -0.2) is 25.9 Å². The van der Waals surface area contributed by atoms with Gasteiger partial charge in [0, 0.05) is 18.0 Å². The zero-order valence-corrected chi connectivity index (χ0v) is 13.7. The predicted octanol–water partition coefficient (Wildman–Crippen LogP) is 2.57. The van der Waals surface area contributed by atoms with Crippen LogP contribution >= 0.6 is 15.9 Å². The van der Waals surface area contributed by atoms with E-state index < -0.39 is 0 Å². The topological polar surface area (TPSA) is 56.5 Å². The monoisotopic (exact) mass is 342 g/mol. The van der Waals surface area contributed by atoms with Gasteiger partial charge in [-0.05, 0) is 36.1 Å². The summed E-state index contributed by atoms with van der Waals surface area (Å²) in [5.41, 5.74) is 5.36. The van der Waals surface area contributed by atoms with E-state index in [1.165, 1.54) is 11.1 Å². The van der Waals surface area contributed by atoms with Gasteiger partial charge in [-0.3, -0.25) is 11.3 Å². The predicted molar refractivity (Wildman–Crippen MR) is 83.9 cm³/mol. The number of fused-ring (bicyclic) bond motifs is 1. The van der Waals surface area contributed by atoms with Gasteiger partial charge in [0.2, 0.25) is 0 Å². The number of nitrogens with two attached hydrogens (primary N) is 1. The molecule has 0 amide bonds. The van der Waals surface area contributed by atoms with Crippen LogP contribution in [0.1, 0.15) is 30.9 Å². The van der Waals surface area contributed by atoms with Crippen LogP contribution in [0.15, 0.2) is 16.6 Å². The zero-order valence-electron chi connectivity index (χ0n) is 12.1. The minimum Gasteiger partial charge on any atom is -0.493 e. The van der Waals surface area contributed by atoms with E-state index in [0.717, 1.165) is 42.5 Å². The van der Waals surface area contributed by atoms with Crippen LogP contribution in [-0.2, 0) is 17.6 Å². The molecule has 0 spiro atoms. The van der Waals surface area contributed by atoms with E-state index in [0.29, 0.717) is 0 Å². The maximum atomic E-state index is 5.77. The molecule has 1 aromatic carbocycles. The van der Waals surface area contributed by atoms with Crippen molar-refractivity contribution in [2.24, 2.45) is 5.84 Å². The fraction of sp³-hybridized carbons (Fsp3) is 0.600. The Labute approximate surface area is 129 Å². The Hall–Kier alpha value is -0.620. The number of ether oxygens (including phenoxy) is 2. The smallest absolute Gasteiger partial charge is 0.125 e. The number of hydrazine groups is 1. The number of rotatable bonds is 7. The largest absolute Gasteiger partial charge is 0.493 e. The normalized spacial score (nSPS) is 16.6. The van der Waals surface area contributed by atoms with Crippen molar-refractivity contribution in [2.75, 3.05) is 13.7 Å². The van der Waals surface area contributed by atoms with Gasteiger partial charge in [-0.2, -0.15) is 0 Å². The lowest BCUT2D eigenvalue weighted by atomic mass is 9.96. The van der Waals surface area contributed by atoms with Crippen LogP contribution in [0.25, 0.3) is 0 Å². The van der Waals surface area contributed by atoms with Crippen molar-refractivity contribution in [3.63, 3.8) is 0 Å². The molecule has 1 heterocycles. The Morgan fingerprint density at radius 1 is 1.50 bits per heavy atom. The van der Waals surface area contributed by atoms with E-state index in [1.807, 2.05) is 0 Å². The van der Waals surface area contributed by atoms with Crippen molar-refractivity contribution in [3.8, 4) is 5.75 Å². The molecule has 112 valence electrons. The maximum Gasteiger partial charge on any atom is 0.125 e. The zero-order chi connectivity index (χ0) is 14.5. The Bertz CT molecular complexity index is 454. The Kier molecular flexibility index (Phi) is 5.84. The summed E-state index contributed by atoms with van der Waals surface area (Å²) in [5, 5.41) is 0. The van der Waals surface area contributed by atoms with Gasteiger partial charge in [-0.1, -0.05) is 29.3 Å². The lowest BCUT2D eigenvalue weighted by molar-refractivity contribution is 0.0607. The summed E-state index contributed by atoms with van der Waals surface area (Å²) >= 11 is 3.57. The summed E-state index contributed by atoms with van der Waals surface area (Å²) < 4.78 is 12.4. The first-order valence-electron chi connectivity index (χ1n) is 7.12. The van der Waals surface area contributed by atoms with Crippen LogP contribution in [0.3, 0.4) is 0 Å². The van der Waals surface area contributed by atoms with Crippen molar-refractivity contribution in [1.29, 1.82) is 0 Å². The Balaban J connectivity index is 2.19. The molecule has 0 saturated heterocycles. The molecule has 1 aromatic rings. The molecule has 0 saturated carbocycles. The molecule has 2 atom stereocenters. The van der Waals surface area contributed by atoms with E-state index in [9.17, 15) is 0 Å². The first kappa shape index (κ1) is 15.8. The van der Waals surface area contributed by atoms with Crippen molar-refractivity contribution in [1.82, 2.24) is 5.43 Å².